The van der Waals surface area contributed by atoms with E-state index in [9.17, 15) is 0 Å². The molecule has 1 N–H and O–H groups in total. The number of furan rings is 1. The fourth-order valence-corrected chi connectivity index (χ4v) is 4.75. The number of fused-ring (bicyclic) bond motifs is 3. The summed E-state index contributed by atoms with van der Waals surface area (Å²) >= 11 is 0. The van der Waals surface area contributed by atoms with Crippen molar-refractivity contribution in [1.29, 1.82) is 0 Å². The van der Waals surface area contributed by atoms with Gasteiger partial charge in [0.05, 0.1) is 23.8 Å². The molecule has 1 aromatic heterocycles. The maximum absolute atomic E-state index is 6.53. The predicted molar refractivity (Wildman–Crippen MR) is 139 cm³/mol. The zero-order chi connectivity index (χ0) is 23.7. The van der Waals surface area contributed by atoms with Gasteiger partial charge in [-0.2, -0.15) is 0 Å². The minimum atomic E-state index is -0.0909. The second-order valence-corrected chi connectivity index (χ2v) is 9.08. The lowest BCUT2D eigenvalue weighted by molar-refractivity contribution is 0.0715. The Bertz CT molecular complexity index is 1370. The van der Waals surface area contributed by atoms with Gasteiger partial charge in [0.2, 0.25) is 0 Å². The number of ether oxygens (including phenoxy) is 2. The van der Waals surface area contributed by atoms with Gasteiger partial charge >= 0.3 is 0 Å². The van der Waals surface area contributed by atoms with Crippen molar-refractivity contribution in [2.45, 2.75) is 45.4 Å². The maximum atomic E-state index is 6.53. The molecule has 0 saturated carbocycles. The van der Waals surface area contributed by atoms with E-state index in [0.29, 0.717) is 0 Å². The van der Waals surface area contributed by atoms with Crippen molar-refractivity contribution in [3.05, 3.63) is 95.7 Å². The summed E-state index contributed by atoms with van der Waals surface area (Å²) in [6.45, 7) is 6.24. The molecule has 0 bridgehead atoms. The first kappa shape index (κ1) is 22.3. The van der Waals surface area contributed by atoms with Gasteiger partial charge in [-0.3, -0.25) is 0 Å². The number of para-hydroxylation sites is 1. The molecule has 0 saturated heterocycles. The van der Waals surface area contributed by atoms with Crippen molar-refractivity contribution in [1.82, 2.24) is 5.32 Å². The second kappa shape index (κ2) is 9.40. The van der Waals surface area contributed by atoms with Crippen LogP contribution in [0.1, 0.15) is 43.0 Å². The van der Waals surface area contributed by atoms with Crippen molar-refractivity contribution in [2.24, 2.45) is 0 Å². The fraction of sp³-hybridized carbons (Fsp3) is 0.267. The zero-order valence-electron chi connectivity index (χ0n) is 20.2. The van der Waals surface area contributed by atoms with E-state index < -0.39 is 0 Å². The molecule has 4 nitrogen and oxygen atoms in total. The van der Waals surface area contributed by atoms with E-state index in [2.05, 4.69) is 92.8 Å². The van der Waals surface area contributed by atoms with Gasteiger partial charge in [0.25, 0.3) is 0 Å². The van der Waals surface area contributed by atoms with Crippen LogP contribution in [0.5, 0.6) is 5.75 Å². The summed E-state index contributed by atoms with van der Waals surface area (Å²) in [5.41, 5.74) is 6.29. The van der Waals surface area contributed by atoms with E-state index in [1.165, 1.54) is 11.1 Å². The van der Waals surface area contributed by atoms with Crippen LogP contribution in [0.4, 0.5) is 0 Å². The average molecular weight is 454 g/mol. The highest BCUT2D eigenvalue weighted by Gasteiger charge is 2.25. The molecule has 0 radical (unpaired) electrons. The lowest BCUT2D eigenvalue weighted by Gasteiger charge is -2.25. The summed E-state index contributed by atoms with van der Waals surface area (Å²) in [5, 5.41) is 5.76. The highest BCUT2D eigenvalue weighted by Crippen LogP contribution is 2.41. The van der Waals surface area contributed by atoms with Crippen LogP contribution in [0.25, 0.3) is 27.5 Å². The number of hydrogen-bond acceptors (Lipinski definition) is 4. The van der Waals surface area contributed by atoms with Crippen LogP contribution in [-0.2, 0) is 4.74 Å². The average Bonchev–Trinajstić information content (AvgIpc) is 3.24. The summed E-state index contributed by atoms with van der Waals surface area (Å²) in [7, 11) is 1.74. The van der Waals surface area contributed by atoms with Crippen LogP contribution in [-0.4, -0.2) is 19.3 Å². The lowest BCUT2D eigenvalue weighted by atomic mass is 9.95. The summed E-state index contributed by atoms with van der Waals surface area (Å²) in [6, 6.07) is 20.8. The molecule has 0 amide bonds. The SMILES string of the molecule is COC(C)CC(C)Oc1ccc2c(oc3c(C)cccc32)c1C1C=C(c2ccccc2)C=CN1. The molecule has 34 heavy (non-hydrogen) atoms. The van der Waals surface area contributed by atoms with Crippen LogP contribution in [0.3, 0.4) is 0 Å². The summed E-state index contributed by atoms with van der Waals surface area (Å²) in [6.07, 6.45) is 7.29. The molecule has 1 aliphatic rings. The standard InChI is InChI=1S/C30H31NO3/c1-19-9-8-12-24-25-13-14-27(33-21(3)17-20(2)32-4)28(30(25)34-29(19)24)26-18-23(15-16-31-26)22-10-6-5-7-11-22/h5-16,18,20-21,26,31H,17H2,1-4H3. The van der Waals surface area contributed by atoms with Gasteiger partial charge in [0.15, 0.2) is 0 Å². The largest absolute Gasteiger partial charge is 0.490 e. The molecule has 3 unspecified atom stereocenters. The Hall–Kier alpha value is -3.50. The Morgan fingerprint density at radius 3 is 2.50 bits per heavy atom. The second-order valence-electron chi connectivity index (χ2n) is 9.08. The summed E-state index contributed by atoms with van der Waals surface area (Å²) in [4.78, 5) is 0. The van der Waals surface area contributed by atoms with E-state index >= 15 is 0 Å². The van der Waals surface area contributed by atoms with Gasteiger partial charge in [-0.05, 0) is 68.0 Å². The lowest BCUT2D eigenvalue weighted by Crippen LogP contribution is -2.22. The van der Waals surface area contributed by atoms with Crippen LogP contribution in [0.15, 0.2) is 83.4 Å². The predicted octanol–water partition coefficient (Wildman–Crippen LogP) is 7.33. The van der Waals surface area contributed by atoms with Gasteiger partial charge in [-0.15, -0.1) is 0 Å². The van der Waals surface area contributed by atoms with Crippen LogP contribution in [0.2, 0.25) is 0 Å². The van der Waals surface area contributed by atoms with Crippen LogP contribution >= 0.6 is 0 Å². The number of allylic oxidation sites excluding steroid dienone is 2. The van der Waals surface area contributed by atoms with Crippen molar-refractivity contribution in [3.63, 3.8) is 0 Å². The highest BCUT2D eigenvalue weighted by atomic mass is 16.5. The number of dihydropyridines is 1. The molecule has 4 heteroatoms. The quantitative estimate of drug-likeness (QED) is 0.318. The number of nitrogens with one attached hydrogen (secondary N) is 1. The number of hydrogen-bond donors (Lipinski definition) is 1. The van der Waals surface area contributed by atoms with Crippen molar-refractivity contribution in [2.75, 3.05) is 7.11 Å². The number of benzene rings is 3. The third-order valence-electron chi connectivity index (χ3n) is 6.56. The number of methoxy groups -OCH3 is 1. The van der Waals surface area contributed by atoms with E-state index in [0.717, 1.165) is 45.2 Å². The number of aryl methyl sites for hydroxylation is 1. The molecule has 174 valence electrons. The van der Waals surface area contributed by atoms with Gasteiger partial charge in [-0.25, -0.2) is 0 Å². The zero-order valence-corrected chi connectivity index (χ0v) is 20.2. The van der Waals surface area contributed by atoms with Gasteiger partial charge in [0.1, 0.15) is 16.9 Å². The summed E-state index contributed by atoms with van der Waals surface area (Å²) < 4.78 is 18.5. The molecule has 0 spiro atoms. The Labute approximate surface area is 200 Å². The molecule has 0 aliphatic carbocycles. The molecular formula is C30H31NO3. The Morgan fingerprint density at radius 2 is 1.71 bits per heavy atom. The molecule has 3 aromatic carbocycles. The number of rotatable bonds is 7. The minimum absolute atomic E-state index is 0.00558. The van der Waals surface area contributed by atoms with E-state index in [4.69, 9.17) is 13.9 Å². The Kier molecular flexibility index (Phi) is 6.16. The van der Waals surface area contributed by atoms with E-state index in [1.54, 1.807) is 7.11 Å². The van der Waals surface area contributed by atoms with E-state index in [-0.39, 0.29) is 18.2 Å². The first-order valence-electron chi connectivity index (χ1n) is 11.9. The smallest absolute Gasteiger partial charge is 0.144 e. The van der Waals surface area contributed by atoms with Crippen molar-refractivity contribution < 1.29 is 13.9 Å². The Balaban J connectivity index is 1.65. The molecule has 1 aliphatic heterocycles. The van der Waals surface area contributed by atoms with Crippen molar-refractivity contribution >= 4 is 27.5 Å². The van der Waals surface area contributed by atoms with Gasteiger partial charge < -0.3 is 19.2 Å². The first-order valence-corrected chi connectivity index (χ1v) is 11.9. The van der Waals surface area contributed by atoms with E-state index in [1.807, 2.05) is 12.3 Å². The van der Waals surface area contributed by atoms with Gasteiger partial charge in [-0.1, -0.05) is 48.5 Å². The maximum Gasteiger partial charge on any atom is 0.144 e. The van der Waals surface area contributed by atoms with Crippen LogP contribution in [0, 0.1) is 6.92 Å². The molecule has 2 heterocycles. The van der Waals surface area contributed by atoms with Crippen LogP contribution < -0.4 is 10.1 Å². The molecule has 5 rings (SSSR count). The Morgan fingerprint density at radius 1 is 0.912 bits per heavy atom. The van der Waals surface area contributed by atoms with Crippen molar-refractivity contribution in [3.8, 4) is 5.75 Å². The fourth-order valence-electron chi connectivity index (χ4n) is 4.75. The normalized spacial score (nSPS) is 17.4. The topological polar surface area (TPSA) is 43.6 Å². The third kappa shape index (κ3) is 4.22. The highest BCUT2D eigenvalue weighted by molar-refractivity contribution is 6.07. The molecule has 0 fully saturated rings. The van der Waals surface area contributed by atoms with Gasteiger partial charge in [0, 0.05) is 24.3 Å². The monoisotopic (exact) mass is 453 g/mol. The first-order chi connectivity index (χ1) is 16.5. The minimum Gasteiger partial charge on any atom is -0.490 e. The molecule has 4 aromatic rings. The third-order valence-corrected chi connectivity index (χ3v) is 6.56. The molecular weight excluding hydrogens is 422 g/mol. The summed E-state index contributed by atoms with van der Waals surface area (Å²) in [5.74, 6) is 0.830. The molecule has 3 atom stereocenters.